The van der Waals surface area contributed by atoms with Crippen molar-refractivity contribution in [1.29, 1.82) is 0 Å². The molecule has 194 valence electrons. The Morgan fingerprint density at radius 1 is 0.553 bits per heavy atom. The van der Waals surface area contributed by atoms with Crippen LogP contribution in [-0.4, -0.2) is 25.2 Å². The number of benzene rings is 4. The summed E-state index contributed by atoms with van der Waals surface area (Å²) in [6.45, 7) is 4.78. The predicted molar refractivity (Wildman–Crippen MR) is 153 cm³/mol. The molecule has 0 fully saturated rings. The number of esters is 2. The van der Waals surface area contributed by atoms with Crippen molar-refractivity contribution in [2.24, 2.45) is 0 Å². The van der Waals surface area contributed by atoms with Crippen molar-refractivity contribution in [2.45, 2.75) is 39.5 Å². The molecule has 0 bridgehead atoms. The van der Waals surface area contributed by atoms with Gasteiger partial charge in [-0.05, 0) is 58.4 Å². The maximum Gasteiger partial charge on any atom is 0.338 e. The third kappa shape index (κ3) is 6.38. The Balaban J connectivity index is 1.82. The lowest BCUT2D eigenvalue weighted by Gasteiger charge is -2.17. The normalized spacial score (nSPS) is 10.7. The van der Waals surface area contributed by atoms with E-state index in [0.717, 1.165) is 59.1 Å². The van der Waals surface area contributed by atoms with Gasteiger partial charge in [-0.3, -0.25) is 0 Å². The number of hydrogen-bond donors (Lipinski definition) is 0. The summed E-state index contributed by atoms with van der Waals surface area (Å²) < 4.78 is 11.0. The zero-order valence-electron chi connectivity index (χ0n) is 22.1. The Morgan fingerprint density at radius 2 is 1.05 bits per heavy atom. The van der Waals surface area contributed by atoms with Gasteiger partial charge in [-0.1, -0.05) is 112 Å². The maximum atomic E-state index is 13.3. The quantitative estimate of drug-likeness (QED) is 0.151. The first kappa shape index (κ1) is 26.9. The number of rotatable bonds is 11. The minimum absolute atomic E-state index is 0.332. The van der Waals surface area contributed by atoms with Gasteiger partial charge in [-0.2, -0.15) is 0 Å². The van der Waals surface area contributed by atoms with E-state index in [0.29, 0.717) is 24.3 Å². The molecule has 0 aliphatic carbocycles. The Hall–Kier alpha value is -4.18. The van der Waals surface area contributed by atoms with E-state index in [1.807, 2.05) is 68.4 Å². The van der Waals surface area contributed by atoms with Crippen LogP contribution in [0.25, 0.3) is 33.4 Å². The van der Waals surface area contributed by atoms with Gasteiger partial charge in [0.05, 0.1) is 24.3 Å². The van der Waals surface area contributed by atoms with E-state index < -0.39 is 11.9 Å². The van der Waals surface area contributed by atoms with Crippen LogP contribution in [0.4, 0.5) is 0 Å². The molecule has 4 nitrogen and oxygen atoms in total. The lowest BCUT2D eigenvalue weighted by molar-refractivity contribution is 0.0499. The molecule has 38 heavy (non-hydrogen) atoms. The summed E-state index contributed by atoms with van der Waals surface area (Å²) >= 11 is 0. The van der Waals surface area contributed by atoms with Crippen LogP contribution in [-0.2, 0) is 9.47 Å². The zero-order valence-corrected chi connectivity index (χ0v) is 22.1. The zero-order chi connectivity index (χ0) is 26.7. The standard InChI is InChI=1S/C34H34O4/c1-3-5-22-37-33(35)26-20-21-31(32(24-26)34(36)38-23-6-4-2)30-19-13-12-18-29(30)28-17-11-10-16-27(28)25-14-8-7-9-15-25/h7-21,24H,3-6,22-23H2,1-2H3. The summed E-state index contributed by atoms with van der Waals surface area (Å²) in [5, 5.41) is 0. The number of carbonyl (C=O) groups excluding carboxylic acids is 2. The number of carbonyl (C=O) groups is 2. The summed E-state index contributed by atoms with van der Waals surface area (Å²) in [6, 6.07) is 31.7. The number of hydrogen-bond acceptors (Lipinski definition) is 4. The second-order valence-corrected chi connectivity index (χ2v) is 9.20. The molecule has 4 aromatic carbocycles. The van der Waals surface area contributed by atoms with Crippen molar-refractivity contribution < 1.29 is 19.1 Å². The second-order valence-electron chi connectivity index (χ2n) is 9.20. The molecule has 0 spiro atoms. The first-order chi connectivity index (χ1) is 18.6. The Morgan fingerprint density at radius 3 is 1.66 bits per heavy atom. The average Bonchev–Trinajstić information content (AvgIpc) is 2.97. The third-order valence-electron chi connectivity index (χ3n) is 6.46. The fourth-order valence-corrected chi connectivity index (χ4v) is 4.39. The topological polar surface area (TPSA) is 52.6 Å². The smallest absolute Gasteiger partial charge is 0.338 e. The SMILES string of the molecule is CCCCOC(=O)c1ccc(-c2ccccc2-c2ccccc2-c2ccccc2)c(C(=O)OCCCC)c1. The average molecular weight is 507 g/mol. The van der Waals surface area contributed by atoms with Gasteiger partial charge >= 0.3 is 11.9 Å². The van der Waals surface area contributed by atoms with Gasteiger partial charge in [-0.15, -0.1) is 0 Å². The van der Waals surface area contributed by atoms with E-state index in [9.17, 15) is 9.59 Å². The molecule has 0 amide bonds. The summed E-state index contributed by atoms with van der Waals surface area (Å²) in [6.07, 6.45) is 3.43. The molecule has 4 heteroatoms. The molecule has 0 unspecified atom stereocenters. The van der Waals surface area contributed by atoms with Crippen molar-refractivity contribution in [3.05, 3.63) is 108 Å². The van der Waals surface area contributed by atoms with Gasteiger partial charge in [0.15, 0.2) is 0 Å². The Kier molecular flexibility index (Phi) is 9.47. The van der Waals surface area contributed by atoms with Crippen LogP contribution in [0.1, 0.15) is 60.2 Å². The largest absolute Gasteiger partial charge is 0.462 e. The van der Waals surface area contributed by atoms with Crippen molar-refractivity contribution >= 4 is 11.9 Å². The molecule has 0 aromatic heterocycles. The van der Waals surface area contributed by atoms with Crippen molar-refractivity contribution in [2.75, 3.05) is 13.2 Å². The van der Waals surface area contributed by atoms with E-state index in [1.165, 1.54) is 0 Å². The van der Waals surface area contributed by atoms with Gasteiger partial charge in [0.1, 0.15) is 0 Å². The Labute approximate surface area is 225 Å². The van der Waals surface area contributed by atoms with E-state index in [4.69, 9.17) is 9.47 Å². The van der Waals surface area contributed by atoms with Gasteiger partial charge in [0.25, 0.3) is 0 Å². The highest BCUT2D eigenvalue weighted by Gasteiger charge is 2.21. The first-order valence-electron chi connectivity index (χ1n) is 13.4. The molecular formula is C34H34O4. The van der Waals surface area contributed by atoms with E-state index in [1.54, 1.807) is 12.1 Å². The van der Waals surface area contributed by atoms with Crippen LogP contribution in [0, 0.1) is 0 Å². The molecule has 0 N–H and O–H groups in total. The Bertz CT molecular complexity index is 1370. The van der Waals surface area contributed by atoms with Crippen LogP contribution in [0.15, 0.2) is 97.1 Å². The maximum absolute atomic E-state index is 13.3. The molecule has 0 saturated carbocycles. The number of unbranched alkanes of at least 4 members (excludes halogenated alkanes) is 2. The number of ether oxygens (including phenoxy) is 2. The van der Waals surface area contributed by atoms with Crippen molar-refractivity contribution in [3.63, 3.8) is 0 Å². The fourth-order valence-electron chi connectivity index (χ4n) is 4.39. The molecule has 4 aromatic rings. The van der Waals surface area contributed by atoms with Gasteiger partial charge in [-0.25, -0.2) is 9.59 Å². The van der Waals surface area contributed by atoms with Crippen LogP contribution in [0.2, 0.25) is 0 Å². The van der Waals surface area contributed by atoms with Crippen molar-refractivity contribution in [3.8, 4) is 33.4 Å². The highest BCUT2D eigenvalue weighted by Crippen LogP contribution is 2.39. The van der Waals surface area contributed by atoms with Gasteiger partial charge in [0.2, 0.25) is 0 Å². The van der Waals surface area contributed by atoms with E-state index >= 15 is 0 Å². The monoisotopic (exact) mass is 506 g/mol. The first-order valence-corrected chi connectivity index (χ1v) is 13.4. The highest BCUT2D eigenvalue weighted by atomic mass is 16.5. The minimum atomic E-state index is -0.442. The second kappa shape index (κ2) is 13.4. The minimum Gasteiger partial charge on any atom is -0.462 e. The molecule has 4 rings (SSSR count). The molecule has 0 heterocycles. The van der Waals surface area contributed by atoms with E-state index in [2.05, 4.69) is 30.3 Å². The van der Waals surface area contributed by atoms with Crippen LogP contribution >= 0.6 is 0 Å². The fraction of sp³-hybridized carbons (Fsp3) is 0.235. The molecule has 0 aliphatic heterocycles. The summed E-state index contributed by atoms with van der Waals surface area (Å²) in [5.74, 6) is -0.877. The van der Waals surface area contributed by atoms with Crippen LogP contribution < -0.4 is 0 Å². The highest BCUT2D eigenvalue weighted by molar-refractivity contribution is 6.03. The van der Waals surface area contributed by atoms with Crippen LogP contribution in [0.5, 0.6) is 0 Å². The van der Waals surface area contributed by atoms with Gasteiger partial charge in [0, 0.05) is 0 Å². The third-order valence-corrected chi connectivity index (χ3v) is 6.46. The van der Waals surface area contributed by atoms with E-state index in [-0.39, 0.29) is 0 Å². The summed E-state index contributed by atoms with van der Waals surface area (Å²) in [5.41, 5.74) is 6.57. The molecule has 0 radical (unpaired) electrons. The lowest BCUT2D eigenvalue weighted by atomic mass is 9.87. The lowest BCUT2D eigenvalue weighted by Crippen LogP contribution is -2.12. The molecule has 0 atom stereocenters. The molecular weight excluding hydrogens is 472 g/mol. The summed E-state index contributed by atoms with van der Waals surface area (Å²) in [4.78, 5) is 26.0. The molecule has 0 aliphatic rings. The van der Waals surface area contributed by atoms with Gasteiger partial charge < -0.3 is 9.47 Å². The predicted octanol–water partition coefficient (Wildman–Crippen LogP) is 8.60. The van der Waals surface area contributed by atoms with Crippen molar-refractivity contribution in [1.82, 2.24) is 0 Å². The summed E-state index contributed by atoms with van der Waals surface area (Å²) in [7, 11) is 0. The van der Waals surface area contributed by atoms with Crippen LogP contribution in [0.3, 0.4) is 0 Å². The molecule has 0 saturated heterocycles.